The fourth-order valence-electron chi connectivity index (χ4n) is 1.53. The number of hydrogen-bond donors (Lipinski definition) is 2. The number of unbranched alkanes of at least 4 members (excludes halogenated alkanes) is 1. The van der Waals surface area contributed by atoms with Gasteiger partial charge in [0.25, 0.3) is 0 Å². The smallest absolute Gasteiger partial charge is 0.325 e. The highest BCUT2D eigenvalue weighted by atomic mass is 32.2. The molecule has 0 unspecified atom stereocenters. The summed E-state index contributed by atoms with van der Waals surface area (Å²) < 4.78 is 36.5. The molecule has 0 saturated carbocycles. The molecule has 0 aliphatic carbocycles. The number of nitrogens with one attached hydrogen (secondary N) is 1. The predicted octanol–water partition coefficient (Wildman–Crippen LogP) is 3.75. The number of rotatable bonds is 6. The van der Waals surface area contributed by atoms with Crippen molar-refractivity contribution in [3.05, 3.63) is 24.3 Å². The molecule has 20 heavy (non-hydrogen) atoms. The second-order valence-electron chi connectivity index (χ2n) is 4.31. The number of amides is 1. The molecule has 7 heteroatoms. The maximum Gasteiger partial charge on any atom is 0.446 e. The molecule has 0 spiro atoms. The first-order valence-electron chi connectivity index (χ1n) is 6.24. The first-order valence-corrected chi connectivity index (χ1v) is 7.05. The Bertz CT molecular complexity index is 434. The maximum atomic E-state index is 12.2. The van der Waals surface area contributed by atoms with Crippen LogP contribution < -0.4 is 11.1 Å². The lowest BCUT2D eigenvalue weighted by Gasteiger charge is -2.12. The molecule has 1 aromatic carbocycles. The molecule has 0 radical (unpaired) electrons. The predicted molar refractivity (Wildman–Crippen MR) is 74.5 cm³/mol. The monoisotopic (exact) mass is 306 g/mol. The molecule has 0 aliphatic rings. The van der Waals surface area contributed by atoms with Crippen LogP contribution in [0.3, 0.4) is 0 Å². The molecule has 0 aromatic heterocycles. The largest absolute Gasteiger partial charge is 0.446 e. The average Bonchev–Trinajstić information content (AvgIpc) is 2.36. The summed E-state index contributed by atoms with van der Waals surface area (Å²) in [5.74, 6) is -0.324. The highest BCUT2D eigenvalue weighted by molar-refractivity contribution is 8.00. The fourth-order valence-corrected chi connectivity index (χ4v) is 2.07. The normalized spacial score (nSPS) is 13.1. The Kier molecular flexibility index (Phi) is 6.35. The lowest BCUT2D eigenvalue weighted by atomic mass is 10.1. The van der Waals surface area contributed by atoms with E-state index in [4.69, 9.17) is 5.73 Å². The Balaban J connectivity index is 2.55. The van der Waals surface area contributed by atoms with Crippen molar-refractivity contribution < 1.29 is 18.0 Å². The quantitative estimate of drug-likeness (QED) is 0.787. The van der Waals surface area contributed by atoms with Crippen LogP contribution in [0.4, 0.5) is 18.9 Å². The van der Waals surface area contributed by atoms with Gasteiger partial charge in [0.15, 0.2) is 0 Å². The van der Waals surface area contributed by atoms with Crippen molar-refractivity contribution >= 4 is 23.4 Å². The number of carbonyl (C=O) groups excluding carboxylic acids is 1. The highest BCUT2D eigenvalue weighted by Crippen LogP contribution is 2.36. The van der Waals surface area contributed by atoms with Crippen LogP contribution in [-0.2, 0) is 4.79 Å². The van der Waals surface area contributed by atoms with Gasteiger partial charge in [-0.25, -0.2) is 0 Å². The van der Waals surface area contributed by atoms with Crippen LogP contribution >= 0.6 is 11.8 Å². The van der Waals surface area contributed by atoms with Gasteiger partial charge in [0.1, 0.15) is 0 Å². The summed E-state index contributed by atoms with van der Waals surface area (Å²) in [5, 5.41) is 2.59. The molecule has 1 rings (SSSR count). The van der Waals surface area contributed by atoms with Gasteiger partial charge < -0.3 is 11.1 Å². The van der Waals surface area contributed by atoms with E-state index in [1.807, 2.05) is 6.92 Å². The van der Waals surface area contributed by atoms with E-state index in [2.05, 4.69) is 5.32 Å². The number of anilines is 1. The molecule has 112 valence electrons. The minimum Gasteiger partial charge on any atom is -0.325 e. The summed E-state index contributed by atoms with van der Waals surface area (Å²) in [5.41, 5.74) is 1.83. The molecule has 0 bridgehead atoms. The SMILES string of the molecule is CCCC[C@H](N)C(=O)Nc1ccc(SC(F)(F)F)cc1. The molecule has 1 amide bonds. The topological polar surface area (TPSA) is 55.1 Å². The first-order chi connectivity index (χ1) is 9.31. The van der Waals surface area contributed by atoms with Crippen LogP contribution in [0.1, 0.15) is 26.2 Å². The number of thioether (sulfide) groups is 1. The molecule has 3 N–H and O–H groups in total. The van der Waals surface area contributed by atoms with Crippen LogP contribution in [0, 0.1) is 0 Å². The first kappa shape index (κ1) is 16.8. The number of carbonyl (C=O) groups is 1. The number of benzene rings is 1. The molecular weight excluding hydrogens is 289 g/mol. The molecule has 0 aliphatic heterocycles. The zero-order chi connectivity index (χ0) is 15.2. The standard InChI is InChI=1S/C13H17F3N2OS/c1-2-3-4-11(17)12(19)18-9-5-7-10(8-6-9)20-13(14,15)16/h5-8,11H,2-4,17H2,1H3,(H,18,19)/t11-/m0/s1. The van der Waals surface area contributed by atoms with Crippen molar-refractivity contribution in [2.45, 2.75) is 42.6 Å². The third-order valence-electron chi connectivity index (χ3n) is 2.56. The van der Waals surface area contributed by atoms with E-state index in [1.165, 1.54) is 24.3 Å². The molecule has 3 nitrogen and oxygen atoms in total. The van der Waals surface area contributed by atoms with Crippen molar-refractivity contribution in [2.24, 2.45) is 5.73 Å². The Morgan fingerprint density at radius 3 is 2.45 bits per heavy atom. The number of nitrogens with two attached hydrogens (primary N) is 1. The zero-order valence-corrected chi connectivity index (χ0v) is 11.9. The van der Waals surface area contributed by atoms with Gasteiger partial charge in [-0.1, -0.05) is 19.8 Å². The van der Waals surface area contributed by atoms with E-state index in [1.54, 1.807) is 0 Å². The molecule has 0 fully saturated rings. The fraction of sp³-hybridized carbons (Fsp3) is 0.462. The van der Waals surface area contributed by atoms with Crippen molar-refractivity contribution in [2.75, 3.05) is 5.32 Å². The number of alkyl halides is 3. The lowest BCUT2D eigenvalue weighted by Crippen LogP contribution is -2.35. The van der Waals surface area contributed by atoms with Gasteiger partial charge in [-0.15, -0.1) is 0 Å². The number of hydrogen-bond acceptors (Lipinski definition) is 3. The molecular formula is C13H17F3N2OS. The summed E-state index contributed by atoms with van der Waals surface area (Å²) in [4.78, 5) is 11.8. The van der Waals surface area contributed by atoms with E-state index < -0.39 is 11.6 Å². The van der Waals surface area contributed by atoms with Gasteiger partial charge in [-0.2, -0.15) is 13.2 Å². The summed E-state index contributed by atoms with van der Waals surface area (Å²) in [7, 11) is 0. The van der Waals surface area contributed by atoms with Crippen molar-refractivity contribution in [3.63, 3.8) is 0 Å². The highest BCUT2D eigenvalue weighted by Gasteiger charge is 2.29. The van der Waals surface area contributed by atoms with Crippen LogP contribution in [-0.4, -0.2) is 17.5 Å². The van der Waals surface area contributed by atoms with Gasteiger partial charge >= 0.3 is 5.51 Å². The average molecular weight is 306 g/mol. The van der Waals surface area contributed by atoms with Crippen LogP contribution in [0.2, 0.25) is 0 Å². The van der Waals surface area contributed by atoms with Gasteiger partial charge in [-0.3, -0.25) is 4.79 Å². The van der Waals surface area contributed by atoms with Crippen molar-refractivity contribution in [3.8, 4) is 0 Å². The third kappa shape index (κ3) is 6.29. The zero-order valence-electron chi connectivity index (χ0n) is 11.0. The van der Waals surface area contributed by atoms with Crippen LogP contribution in [0.15, 0.2) is 29.2 Å². The number of halogens is 3. The summed E-state index contributed by atoms with van der Waals surface area (Å²) in [6.45, 7) is 2.00. The minimum absolute atomic E-state index is 0.0748. The minimum atomic E-state index is -4.31. The van der Waals surface area contributed by atoms with Crippen LogP contribution in [0.25, 0.3) is 0 Å². The van der Waals surface area contributed by atoms with E-state index >= 15 is 0 Å². The molecule has 0 heterocycles. The second-order valence-corrected chi connectivity index (χ2v) is 5.45. The molecule has 1 atom stereocenters. The van der Waals surface area contributed by atoms with Gasteiger partial charge in [-0.05, 0) is 42.4 Å². The van der Waals surface area contributed by atoms with Crippen molar-refractivity contribution in [1.29, 1.82) is 0 Å². The summed E-state index contributed by atoms with van der Waals surface area (Å²) in [6, 6.07) is 4.88. The van der Waals surface area contributed by atoms with Crippen molar-refractivity contribution in [1.82, 2.24) is 0 Å². The second kappa shape index (κ2) is 7.54. The van der Waals surface area contributed by atoms with Gasteiger partial charge in [0.2, 0.25) is 5.91 Å². The maximum absolute atomic E-state index is 12.2. The third-order valence-corrected chi connectivity index (χ3v) is 3.30. The van der Waals surface area contributed by atoms with Gasteiger partial charge in [0, 0.05) is 10.6 Å². The van der Waals surface area contributed by atoms with E-state index in [9.17, 15) is 18.0 Å². The molecule has 0 saturated heterocycles. The molecule has 1 aromatic rings. The van der Waals surface area contributed by atoms with Gasteiger partial charge in [0.05, 0.1) is 6.04 Å². The Morgan fingerprint density at radius 1 is 1.35 bits per heavy atom. The summed E-state index contributed by atoms with van der Waals surface area (Å²) in [6.07, 6.45) is 2.39. The van der Waals surface area contributed by atoms with E-state index in [0.717, 1.165) is 12.8 Å². The van der Waals surface area contributed by atoms with E-state index in [-0.39, 0.29) is 22.6 Å². The van der Waals surface area contributed by atoms with Crippen LogP contribution in [0.5, 0.6) is 0 Å². The summed E-state index contributed by atoms with van der Waals surface area (Å²) >= 11 is -0.192. The van der Waals surface area contributed by atoms with E-state index in [0.29, 0.717) is 12.1 Å². The Labute approximate surface area is 120 Å². The Hall–Kier alpha value is -1.21. The lowest BCUT2D eigenvalue weighted by molar-refractivity contribution is -0.117. The Morgan fingerprint density at radius 2 is 1.95 bits per heavy atom.